The topological polar surface area (TPSA) is 134 Å². The van der Waals surface area contributed by atoms with Crippen molar-refractivity contribution < 1.29 is 37.6 Å². The third-order valence-corrected chi connectivity index (χ3v) is 11.4. The minimum absolute atomic E-state index is 0.0456. The highest BCUT2D eigenvalue weighted by Gasteiger charge is 2.26. The van der Waals surface area contributed by atoms with Gasteiger partial charge in [0, 0.05) is 19.4 Å². The summed E-state index contributed by atoms with van der Waals surface area (Å²) in [5, 5.41) is 0. The van der Waals surface area contributed by atoms with Gasteiger partial charge in [0.1, 0.15) is 6.61 Å². The standard InChI is InChI=1S/C55H94NO8P/c1-3-5-7-9-11-13-15-17-19-20-21-22-23-24-25-26-27-28-29-30-31-32-34-36-38-40-42-44-46-48-55(58)64-53(52-63-65(59,60)62-50-49-56)51-61-54(57)47-45-43-41-39-37-35-33-18-16-14-12-10-8-6-4-2/h5,7,11,13,17-19,21-22,24-25,27-28,30-31,33,53H,3-4,6,8-10,12,14-16,20,23,26,29,32,34-52,56H2,1-2H3,(H,59,60)/b7-5-,13-11-,19-17-,22-21-,25-24-,28-27-,31-30-,33-18-. The summed E-state index contributed by atoms with van der Waals surface area (Å²) in [6.45, 7) is 3.59. The number of hydrogen-bond acceptors (Lipinski definition) is 8. The Morgan fingerprint density at radius 1 is 0.477 bits per heavy atom. The molecule has 0 bridgehead atoms. The lowest BCUT2D eigenvalue weighted by Crippen LogP contribution is -2.29. The summed E-state index contributed by atoms with van der Waals surface area (Å²) in [4.78, 5) is 35.0. The lowest BCUT2D eigenvalue weighted by molar-refractivity contribution is -0.161. The third kappa shape index (κ3) is 50.2. The fourth-order valence-corrected chi connectivity index (χ4v) is 7.43. The zero-order valence-corrected chi connectivity index (χ0v) is 42.1. The van der Waals surface area contributed by atoms with E-state index in [2.05, 4.69) is 111 Å². The van der Waals surface area contributed by atoms with E-state index in [1.807, 2.05) is 0 Å². The molecule has 0 heterocycles. The molecule has 0 aliphatic rings. The molecule has 2 unspecified atom stereocenters. The molecule has 0 amide bonds. The van der Waals surface area contributed by atoms with Crippen molar-refractivity contribution in [3.05, 3.63) is 97.2 Å². The van der Waals surface area contributed by atoms with Crippen molar-refractivity contribution in [2.45, 2.75) is 213 Å². The van der Waals surface area contributed by atoms with Crippen LogP contribution in [0.15, 0.2) is 97.2 Å². The van der Waals surface area contributed by atoms with Gasteiger partial charge < -0.3 is 20.1 Å². The largest absolute Gasteiger partial charge is 0.472 e. The zero-order valence-electron chi connectivity index (χ0n) is 41.2. The molecule has 3 N–H and O–H groups in total. The monoisotopic (exact) mass is 928 g/mol. The Bertz CT molecular complexity index is 1380. The molecule has 0 spiro atoms. The predicted octanol–water partition coefficient (Wildman–Crippen LogP) is 15.7. The van der Waals surface area contributed by atoms with Crippen molar-refractivity contribution in [1.29, 1.82) is 0 Å². The van der Waals surface area contributed by atoms with Crippen molar-refractivity contribution in [3.63, 3.8) is 0 Å². The number of hydrogen-bond donors (Lipinski definition) is 2. The molecule has 9 nitrogen and oxygen atoms in total. The lowest BCUT2D eigenvalue weighted by Gasteiger charge is -2.19. The van der Waals surface area contributed by atoms with Crippen molar-refractivity contribution in [2.75, 3.05) is 26.4 Å². The van der Waals surface area contributed by atoms with Crippen LogP contribution in [0.25, 0.3) is 0 Å². The number of phosphoric ester groups is 1. The van der Waals surface area contributed by atoms with E-state index in [1.165, 1.54) is 64.2 Å². The van der Waals surface area contributed by atoms with Gasteiger partial charge in [0.2, 0.25) is 0 Å². The van der Waals surface area contributed by atoms with Crippen LogP contribution in [0.2, 0.25) is 0 Å². The van der Waals surface area contributed by atoms with Crippen LogP contribution in [0.1, 0.15) is 206 Å². The number of unbranched alkanes of at least 4 members (excludes halogenated alkanes) is 18. The van der Waals surface area contributed by atoms with Crippen molar-refractivity contribution in [1.82, 2.24) is 0 Å². The fourth-order valence-electron chi connectivity index (χ4n) is 6.67. The molecule has 0 radical (unpaired) electrons. The number of nitrogens with two attached hydrogens (primary N) is 1. The summed E-state index contributed by atoms with van der Waals surface area (Å²) < 4.78 is 32.9. The highest BCUT2D eigenvalue weighted by Crippen LogP contribution is 2.43. The van der Waals surface area contributed by atoms with E-state index >= 15 is 0 Å². The van der Waals surface area contributed by atoms with Crippen molar-refractivity contribution in [3.8, 4) is 0 Å². The Morgan fingerprint density at radius 2 is 0.846 bits per heavy atom. The fraction of sp³-hybridized carbons (Fsp3) is 0.673. The number of allylic oxidation sites excluding steroid dienone is 16. The second-order valence-electron chi connectivity index (χ2n) is 16.7. The molecule has 0 fully saturated rings. The van der Waals surface area contributed by atoms with Crippen LogP contribution in [0.3, 0.4) is 0 Å². The number of carbonyl (C=O) groups excluding carboxylic acids is 2. The normalized spacial score (nSPS) is 14.0. The molecule has 65 heavy (non-hydrogen) atoms. The minimum Gasteiger partial charge on any atom is -0.462 e. The van der Waals surface area contributed by atoms with Crippen LogP contribution in [0.4, 0.5) is 0 Å². The summed E-state index contributed by atoms with van der Waals surface area (Å²) in [6.07, 6.45) is 65.9. The first-order valence-electron chi connectivity index (χ1n) is 25.7. The third-order valence-electron chi connectivity index (χ3n) is 10.5. The van der Waals surface area contributed by atoms with Crippen molar-refractivity contribution in [2.24, 2.45) is 5.73 Å². The molecule has 10 heteroatoms. The molecule has 0 saturated heterocycles. The van der Waals surface area contributed by atoms with Gasteiger partial charge in [0.05, 0.1) is 13.2 Å². The maximum Gasteiger partial charge on any atom is 0.472 e. The second-order valence-corrected chi connectivity index (χ2v) is 18.1. The van der Waals surface area contributed by atoms with Crippen LogP contribution >= 0.6 is 7.82 Å². The quantitative estimate of drug-likeness (QED) is 0.0265. The maximum absolute atomic E-state index is 12.7. The van der Waals surface area contributed by atoms with Gasteiger partial charge in [-0.1, -0.05) is 195 Å². The minimum atomic E-state index is -4.39. The number of carbonyl (C=O) groups is 2. The molecule has 0 saturated carbocycles. The summed E-state index contributed by atoms with van der Waals surface area (Å²) in [5.74, 6) is -0.856. The molecule has 0 aromatic heterocycles. The average molecular weight is 928 g/mol. The highest BCUT2D eigenvalue weighted by atomic mass is 31.2. The van der Waals surface area contributed by atoms with Crippen LogP contribution in [-0.4, -0.2) is 49.3 Å². The molecule has 2 atom stereocenters. The number of rotatable bonds is 47. The van der Waals surface area contributed by atoms with Gasteiger partial charge in [-0.25, -0.2) is 4.57 Å². The van der Waals surface area contributed by atoms with E-state index in [0.717, 1.165) is 109 Å². The Kier molecular flexibility index (Phi) is 48.0. The molecule has 0 aliphatic heterocycles. The lowest BCUT2D eigenvalue weighted by atomic mass is 10.1. The Hall–Kier alpha value is -3.07. The van der Waals surface area contributed by atoms with Gasteiger partial charge in [-0.05, 0) is 96.3 Å². The van der Waals surface area contributed by atoms with Gasteiger partial charge in [-0.15, -0.1) is 0 Å². The Morgan fingerprint density at radius 3 is 1.28 bits per heavy atom. The summed E-state index contributed by atoms with van der Waals surface area (Å²) in [6, 6.07) is 0. The van der Waals surface area contributed by atoms with Crippen molar-refractivity contribution >= 4 is 19.8 Å². The first kappa shape index (κ1) is 61.9. The summed E-state index contributed by atoms with van der Waals surface area (Å²) in [5.41, 5.74) is 5.36. The number of ether oxygens (including phenoxy) is 2. The molecule has 0 rings (SSSR count). The Labute approximate surface area is 397 Å². The van der Waals surface area contributed by atoms with Crippen LogP contribution in [0.5, 0.6) is 0 Å². The van der Waals surface area contributed by atoms with E-state index in [9.17, 15) is 19.0 Å². The zero-order chi connectivity index (χ0) is 47.4. The van der Waals surface area contributed by atoms with Gasteiger partial charge in [0.25, 0.3) is 0 Å². The van der Waals surface area contributed by atoms with E-state index in [0.29, 0.717) is 6.42 Å². The van der Waals surface area contributed by atoms with E-state index in [1.54, 1.807) is 0 Å². The molecule has 372 valence electrons. The number of phosphoric acid groups is 1. The van der Waals surface area contributed by atoms with Crippen LogP contribution in [0, 0.1) is 0 Å². The molecule has 0 aromatic rings. The van der Waals surface area contributed by atoms with Gasteiger partial charge in [0.15, 0.2) is 6.10 Å². The van der Waals surface area contributed by atoms with Gasteiger partial charge in [-0.3, -0.25) is 18.6 Å². The van der Waals surface area contributed by atoms with E-state index in [4.69, 9.17) is 24.3 Å². The average Bonchev–Trinajstić information content (AvgIpc) is 3.30. The van der Waals surface area contributed by atoms with Crippen LogP contribution in [-0.2, 0) is 32.7 Å². The molecular formula is C55H94NO8P. The van der Waals surface area contributed by atoms with Gasteiger partial charge in [-0.2, -0.15) is 0 Å². The smallest absolute Gasteiger partial charge is 0.462 e. The number of esters is 2. The molecule has 0 aliphatic carbocycles. The van der Waals surface area contributed by atoms with Gasteiger partial charge >= 0.3 is 19.8 Å². The Balaban J connectivity index is 4.09. The molecular weight excluding hydrogens is 834 g/mol. The van der Waals surface area contributed by atoms with Crippen LogP contribution < -0.4 is 5.73 Å². The summed E-state index contributed by atoms with van der Waals surface area (Å²) in [7, 11) is -4.39. The van der Waals surface area contributed by atoms with E-state index < -0.39 is 32.5 Å². The summed E-state index contributed by atoms with van der Waals surface area (Å²) >= 11 is 0. The molecule has 0 aromatic carbocycles. The highest BCUT2D eigenvalue weighted by molar-refractivity contribution is 7.47. The SMILES string of the molecule is CC/C=C\C/C=C\C/C=C\C/C=C\C/C=C\C/C=C\C/C=C\CCCCCCCCCC(=O)OC(COC(=O)CCCCCCC/C=C\CCCCCCCC)COP(=O)(O)OCCN. The predicted molar refractivity (Wildman–Crippen MR) is 275 cm³/mol. The van der Waals surface area contributed by atoms with E-state index in [-0.39, 0.29) is 32.6 Å². The maximum atomic E-state index is 12.7. The first-order chi connectivity index (χ1) is 31.8. The first-order valence-corrected chi connectivity index (χ1v) is 27.2. The second kappa shape index (κ2) is 50.3.